The molecule has 8 amide bonds. The molecule has 16 heteroatoms. The van der Waals surface area contributed by atoms with Crippen LogP contribution in [-0.4, -0.2) is 69.7 Å². The zero-order valence-corrected chi connectivity index (χ0v) is 29.3. The first-order valence-corrected chi connectivity index (χ1v) is 14.8. The van der Waals surface area contributed by atoms with Crippen LogP contribution in [0.15, 0.2) is 48.7 Å². The third kappa shape index (κ3) is 8.69. The summed E-state index contributed by atoms with van der Waals surface area (Å²) in [6.45, 7) is 3.72. The number of benzene rings is 2. The molecule has 5 rings (SSSR count). The van der Waals surface area contributed by atoms with E-state index in [0.717, 1.165) is 4.90 Å². The van der Waals surface area contributed by atoms with Crippen LogP contribution in [0.25, 0.3) is 0 Å². The number of piperidine rings is 2. The molecule has 0 spiro atoms. The van der Waals surface area contributed by atoms with Crippen LogP contribution in [0.4, 0.5) is 11.4 Å². The van der Waals surface area contributed by atoms with Gasteiger partial charge in [0, 0.05) is 25.0 Å². The molecule has 3 aliphatic rings. The molecule has 3 heterocycles. The number of allylic oxidation sites excluding steroid dienone is 1. The summed E-state index contributed by atoms with van der Waals surface area (Å²) in [6.07, 6.45) is 1.65. The first kappa shape index (κ1) is 38.4. The molecule has 0 aromatic heterocycles. The number of unbranched alkanes of at least 4 members (excludes halogenated alkanes) is 1. The largest absolute Gasteiger partial charge is 1.00 e. The Morgan fingerprint density at radius 3 is 2.19 bits per heavy atom. The van der Waals surface area contributed by atoms with Crippen molar-refractivity contribution in [3.8, 4) is 0 Å². The van der Waals surface area contributed by atoms with Gasteiger partial charge in [0.25, 0.3) is 11.8 Å². The van der Waals surface area contributed by atoms with E-state index in [0.29, 0.717) is 25.0 Å². The summed E-state index contributed by atoms with van der Waals surface area (Å²) in [5.41, 5.74) is 1.01. The Balaban J connectivity index is 0.00000312. The monoisotopic (exact) mass is 683 g/mol. The third-order valence-corrected chi connectivity index (χ3v) is 7.81. The van der Waals surface area contributed by atoms with Crippen LogP contribution in [0, 0.1) is 6.07 Å². The van der Waals surface area contributed by atoms with Gasteiger partial charge in [0.2, 0.25) is 29.5 Å². The Kier molecular flexibility index (Phi) is 13.5. The van der Waals surface area contributed by atoms with E-state index in [1.54, 1.807) is 6.07 Å². The molecule has 3 aliphatic heterocycles. The second-order valence-corrected chi connectivity index (χ2v) is 11.1. The van der Waals surface area contributed by atoms with E-state index in [1.165, 1.54) is 30.3 Å². The Morgan fingerprint density at radius 2 is 1.52 bits per heavy atom. The smallest absolute Gasteiger partial charge is 0.870 e. The summed E-state index contributed by atoms with van der Waals surface area (Å²) in [5, 5.41) is 12.6. The number of amides is 8. The zero-order chi connectivity index (χ0) is 33.0. The quantitative estimate of drug-likeness (QED) is 0.0837. The fourth-order valence-electron chi connectivity index (χ4n) is 5.49. The SMILES string of the molecule is C=C1CCC(N2C(=O)c3cccc(NC(=O)CCCCC(=O)Nc4ccc[c-]c4C(=O)NC4CCC(=O)NC4=O)c3C2=O)C(=O)N1.[K+].[OH-]. The van der Waals surface area contributed by atoms with Gasteiger partial charge in [-0.3, -0.25) is 43.8 Å². The van der Waals surface area contributed by atoms with Gasteiger partial charge in [0.15, 0.2) is 5.91 Å². The van der Waals surface area contributed by atoms with Crippen molar-refractivity contribution in [3.05, 3.63) is 71.4 Å². The van der Waals surface area contributed by atoms with Gasteiger partial charge in [0.05, 0.1) is 16.8 Å². The molecular formula is C32H32KN6O9-. The third-order valence-electron chi connectivity index (χ3n) is 7.81. The van der Waals surface area contributed by atoms with Crippen molar-refractivity contribution in [2.75, 3.05) is 10.6 Å². The van der Waals surface area contributed by atoms with E-state index >= 15 is 0 Å². The van der Waals surface area contributed by atoms with Crippen molar-refractivity contribution in [3.63, 3.8) is 0 Å². The second-order valence-electron chi connectivity index (χ2n) is 11.1. The van der Waals surface area contributed by atoms with Crippen LogP contribution in [-0.2, 0) is 24.0 Å². The number of carbonyl (C=O) groups is 8. The van der Waals surface area contributed by atoms with Crippen molar-refractivity contribution >= 4 is 58.6 Å². The van der Waals surface area contributed by atoms with Crippen LogP contribution in [0.3, 0.4) is 0 Å². The molecule has 2 aromatic carbocycles. The Morgan fingerprint density at radius 1 is 0.854 bits per heavy atom. The van der Waals surface area contributed by atoms with Gasteiger partial charge < -0.3 is 31.5 Å². The minimum atomic E-state index is -0.975. The van der Waals surface area contributed by atoms with Gasteiger partial charge in [-0.2, -0.15) is 0 Å². The van der Waals surface area contributed by atoms with Crippen LogP contribution in [0.5, 0.6) is 0 Å². The Hall–Kier alpha value is -4.06. The van der Waals surface area contributed by atoms with E-state index in [9.17, 15) is 38.4 Å². The summed E-state index contributed by atoms with van der Waals surface area (Å²) >= 11 is 0. The normalized spacial score (nSPS) is 18.5. The predicted molar refractivity (Wildman–Crippen MR) is 164 cm³/mol. The molecule has 2 fully saturated rings. The molecule has 2 atom stereocenters. The molecule has 0 saturated carbocycles. The average molecular weight is 684 g/mol. The number of carbonyl (C=O) groups excluding carboxylic acids is 8. The fourth-order valence-corrected chi connectivity index (χ4v) is 5.49. The van der Waals surface area contributed by atoms with Gasteiger partial charge in [0.1, 0.15) is 12.1 Å². The maximum Gasteiger partial charge on any atom is 1.00 e. The van der Waals surface area contributed by atoms with E-state index in [4.69, 9.17) is 0 Å². The van der Waals surface area contributed by atoms with E-state index < -0.39 is 59.3 Å². The molecule has 2 unspecified atom stereocenters. The predicted octanol–water partition coefficient (Wildman–Crippen LogP) is -1.63. The van der Waals surface area contributed by atoms with E-state index in [2.05, 4.69) is 39.2 Å². The van der Waals surface area contributed by atoms with Crippen molar-refractivity contribution in [1.82, 2.24) is 20.9 Å². The minimum absolute atomic E-state index is 0. The Bertz CT molecular complexity index is 1690. The fraction of sp³-hybridized carbons (Fsp3) is 0.312. The van der Waals surface area contributed by atoms with Crippen molar-refractivity contribution < 1.29 is 95.2 Å². The average Bonchev–Trinajstić information content (AvgIpc) is 3.27. The molecule has 15 nitrogen and oxygen atoms in total. The first-order valence-electron chi connectivity index (χ1n) is 14.8. The van der Waals surface area contributed by atoms with E-state index in [1.807, 2.05) is 0 Å². The first-order chi connectivity index (χ1) is 22.0. The Labute approximate surface area is 317 Å². The topological polar surface area (TPSA) is 230 Å². The van der Waals surface area contributed by atoms with E-state index in [-0.39, 0.29) is 117 Å². The number of hydrogen-bond donors (Lipinski definition) is 5. The van der Waals surface area contributed by atoms with Crippen molar-refractivity contribution in [1.29, 1.82) is 0 Å². The molecule has 6 N–H and O–H groups in total. The maximum atomic E-state index is 13.3. The molecule has 0 radical (unpaired) electrons. The molecule has 2 saturated heterocycles. The van der Waals surface area contributed by atoms with Crippen molar-refractivity contribution in [2.45, 2.75) is 63.5 Å². The molecule has 0 aliphatic carbocycles. The number of nitrogens with one attached hydrogen (secondary N) is 5. The molecular weight excluding hydrogens is 651 g/mol. The number of nitrogens with zero attached hydrogens (tertiary/aromatic N) is 1. The number of anilines is 2. The summed E-state index contributed by atoms with van der Waals surface area (Å²) in [6, 6.07) is 10.0. The van der Waals surface area contributed by atoms with Gasteiger partial charge in [-0.15, -0.1) is 24.3 Å². The summed E-state index contributed by atoms with van der Waals surface area (Å²) < 4.78 is 0. The van der Waals surface area contributed by atoms with Crippen LogP contribution in [0.1, 0.15) is 82.4 Å². The molecule has 48 heavy (non-hydrogen) atoms. The summed E-state index contributed by atoms with van der Waals surface area (Å²) in [4.78, 5) is 101. The zero-order valence-electron chi connectivity index (χ0n) is 26.1. The summed E-state index contributed by atoms with van der Waals surface area (Å²) in [5.74, 6) is -4.24. The molecule has 0 bridgehead atoms. The minimum Gasteiger partial charge on any atom is -0.870 e. The number of hydrogen-bond acceptors (Lipinski definition) is 9. The number of imide groups is 2. The van der Waals surface area contributed by atoms with Crippen molar-refractivity contribution in [2.24, 2.45) is 0 Å². The van der Waals surface area contributed by atoms with Crippen LogP contribution in [0.2, 0.25) is 0 Å². The number of fused-ring (bicyclic) bond motifs is 1. The second kappa shape index (κ2) is 16.9. The molecule has 2 aromatic rings. The maximum absolute atomic E-state index is 13.3. The standard InChI is InChI=1S/C32H31N6O8.K.H2O/c1-17-13-15-23(30(44)33-17)38-31(45)19-8-6-10-21(27(19)32(38)46)35-25(40)12-5-4-11-24(39)34-20-9-3-2-7-18(20)28(42)36-22-14-16-26(41)37-29(22)43;;/h2-3,6,8-10,22-23H,1,4-5,11-16H2,(H,33,44)(H,34,39)(H,35,40)(H,36,42)(H,37,41,43);;1H2/q-1;+1;/p-1. The van der Waals surface area contributed by atoms with Crippen LogP contribution < -0.4 is 78.0 Å². The van der Waals surface area contributed by atoms with Gasteiger partial charge in [-0.1, -0.05) is 18.2 Å². The summed E-state index contributed by atoms with van der Waals surface area (Å²) in [7, 11) is 0. The van der Waals surface area contributed by atoms with Crippen LogP contribution >= 0.6 is 0 Å². The molecule has 246 valence electrons. The van der Waals surface area contributed by atoms with Gasteiger partial charge >= 0.3 is 51.4 Å². The van der Waals surface area contributed by atoms with Gasteiger partial charge in [-0.05, 0) is 49.9 Å². The number of rotatable bonds is 10. The van der Waals surface area contributed by atoms with Gasteiger partial charge in [-0.25, -0.2) is 0 Å².